The SMILES string of the molecule is COc1cc2c(cc1C(C(C)=O)=C(C)N)ncc1nnc(Cc3ccc4ccccc4n3)n12. The Hall–Kier alpha value is -4.33. The predicted octanol–water partition coefficient (Wildman–Crippen LogP) is 3.70. The number of ether oxygens (including phenoxy) is 1. The summed E-state index contributed by atoms with van der Waals surface area (Å²) >= 11 is 0. The van der Waals surface area contributed by atoms with Crippen LogP contribution in [0.15, 0.2) is 60.4 Å². The minimum atomic E-state index is -0.138. The Morgan fingerprint density at radius 1 is 1.06 bits per heavy atom. The molecule has 0 spiro atoms. The Labute approximate surface area is 189 Å². The van der Waals surface area contributed by atoms with Crippen LogP contribution in [0, 0.1) is 0 Å². The molecule has 164 valence electrons. The van der Waals surface area contributed by atoms with Crippen molar-refractivity contribution in [3.05, 3.63) is 77.5 Å². The Balaban J connectivity index is 1.68. The zero-order valence-corrected chi connectivity index (χ0v) is 18.5. The molecule has 2 aromatic carbocycles. The van der Waals surface area contributed by atoms with E-state index in [0.717, 1.165) is 27.9 Å². The molecule has 0 atom stereocenters. The summed E-state index contributed by atoms with van der Waals surface area (Å²) in [6.45, 7) is 3.19. The quantitative estimate of drug-likeness (QED) is 0.417. The van der Waals surface area contributed by atoms with E-state index in [2.05, 4.69) is 21.2 Å². The summed E-state index contributed by atoms with van der Waals surface area (Å²) < 4.78 is 7.57. The molecular formula is C25H22N6O2. The largest absolute Gasteiger partial charge is 0.496 e. The number of carbonyl (C=O) groups is 1. The Kier molecular flexibility index (Phi) is 4.97. The molecule has 0 unspecified atom stereocenters. The fourth-order valence-electron chi connectivity index (χ4n) is 4.17. The van der Waals surface area contributed by atoms with Gasteiger partial charge < -0.3 is 10.5 Å². The van der Waals surface area contributed by atoms with Gasteiger partial charge in [-0.15, -0.1) is 10.2 Å². The van der Waals surface area contributed by atoms with Gasteiger partial charge in [0.05, 0.1) is 36.3 Å². The van der Waals surface area contributed by atoms with Crippen LogP contribution in [0.3, 0.4) is 0 Å². The predicted molar refractivity (Wildman–Crippen MR) is 127 cm³/mol. The molecule has 0 amide bonds. The lowest BCUT2D eigenvalue weighted by atomic mass is 9.99. The molecular weight excluding hydrogens is 416 g/mol. The van der Waals surface area contributed by atoms with Gasteiger partial charge in [-0.25, -0.2) is 0 Å². The Morgan fingerprint density at radius 2 is 1.88 bits per heavy atom. The van der Waals surface area contributed by atoms with Gasteiger partial charge in [0.15, 0.2) is 11.4 Å². The number of nitrogens with two attached hydrogens (primary N) is 1. The molecule has 0 saturated carbocycles. The Morgan fingerprint density at radius 3 is 2.64 bits per heavy atom. The van der Waals surface area contributed by atoms with Crippen molar-refractivity contribution in [3.8, 4) is 5.75 Å². The van der Waals surface area contributed by atoms with Crippen molar-refractivity contribution in [1.82, 2.24) is 24.6 Å². The van der Waals surface area contributed by atoms with Gasteiger partial charge in [-0.05, 0) is 32.0 Å². The summed E-state index contributed by atoms with van der Waals surface area (Å²) in [5, 5.41) is 9.78. The average molecular weight is 438 g/mol. The van der Waals surface area contributed by atoms with Crippen molar-refractivity contribution in [2.24, 2.45) is 5.73 Å². The van der Waals surface area contributed by atoms with E-state index >= 15 is 0 Å². The minimum Gasteiger partial charge on any atom is -0.496 e. The smallest absolute Gasteiger partial charge is 0.179 e. The third-order valence-corrected chi connectivity index (χ3v) is 5.62. The van der Waals surface area contributed by atoms with Crippen LogP contribution in [0.25, 0.3) is 33.2 Å². The molecule has 2 N–H and O–H groups in total. The molecule has 0 aliphatic rings. The number of ketones is 1. The second kappa shape index (κ2) is 7.98. The molecule has 0 aliphatic carbocycles. The fraction of sp³-hybridized carbons (Fsp3) is 0.160. The number of methoxy groups -OCH3 is 1. The van der Waals surface area contributed by atoms with Gasteiger partial charge in [0.1, 0.15) is 11.6 Å². The number of para-hydroxylation sites is 1. The molecule has 0 aliphatic heterocycles. The maximum absolute atomic E-state index is 12.3. The van der Waals surface area contributed by atoms with Crippen LogP contribution < -0.4 is 10.5 Å². The van der Waals surface area contributed by atoms with Crippen molar-refractivity contribution < 1.29 is 9.53 Å². The third-order valence-electron chi connectivity index (χ3n) is 5.62. The van der Waals surface area contributed by atoms with E-state index in [1.54, 1.807) is 20.2 Å². The first-order valence-electron chi connectivity index (χ1n) is 10.5. The molecule has 33 heavy (non-hydrogen) atoms. The topological polar surface area (TPSA) is 108 Å². The molecule has 3 aromatic heterocycles. The maximum Gasteiger partial charge on any atom is 0.179 e. The molecule has 3 heterocycles. The van der Waals surface area contributed by atoms with E-state index in [9.17, 15) is 4.79 Å². The van der Waals surface area contributed by atoms with Crippen molar-refractivity contribution in [2.45, 2.75) is 20.3 Å². The molecule has 8 nitrogen and oxygen atoms in total. The van der Waals surface area contributed by atoms with Gasteiger partial charge in [-0.1, -0.05) is 24.3 Å². The fourth-order valence-corrected chi connectivity index (χ4v) is 4.17. The van der Waals surface area contributed by atoms with Gasteiger partial charge in [-0.2, -0.15) is 0 Å². The van der Waals surface area contributed by atoms with Gasteiger partial charge >= 0.3 is 0 Å². The molecule has 5 aromatic rings. The van der Waals surface area contributed by atoms with E-state index in [1.165, 1.54) is 6.92 Å². The lowest BCUT2D eigenvalue weighted by Crippen LogP contribution is -2.07. The van der Waals surface area contributed by atoms with Crippen LogP contribution in [-0.2, 0) is 11.2 Å². The summed E-state index contributed by atoms with van der Waals surface area (Å²) in [4.78, 5) is 21.6. The first-order chi connectivity index (χ1) is 16.0. The lowest BCUT2D eigenvalue weighted by molar-refractivity contribution is -0.111. The number of hydrogen-bond acceptors (Lipinski definition) is 7. The van der Waals surface area contributed by atoms with Crippen molar-refractivity contribution in [3.63, 3.8) is 0 Å². The monoisotopic (exact) mass is 438 g/mol. The van der Waals surface area contributed by atoms with E-state index < -0.39 is 0 Å². The van der Waals surface area contributed by atoms with Gasteiger partial charge in [-0.3, -0.25) is 19.2 Å². The standard InChI is InChI=1S/C25H22N6O2/c1-14(26)25(15(2)32)18-11-20-21(12-22(18)33-3)31-23(29-30-24(31)13-27-20)10-17-9-8-16-6-4-5-7-19(16)28-17/h4-9,11-13H,10,26H2,1-3H3. The zero-order chi connectivity index (χ0) is 23.1. The zero-order valence-electron chi connectivity index (χ0n) is 18.5. The highest BCUT2D eigenvalue weighted by atomic mass is 16.5. The number of rotatable bonds is 5. The number of nitrogens with zero attached hydrogens (tertiary/aromatic N) is 5. The van der Waals surface area contributed by atoms with Gasteiger partial charge in [0.25, 0.3) is 0 Å². The average Bonchev–Trinajstić information content (AvgIpc) is 3.21. The molecule has 0 fully saturated rings. The van der Waals surface area contributed by atoms with Crippen LogP contribution in [0.2, 0.25) is 0 Å². The summed E-state index contributed by atoms with van der Waals surface area (Å²) in [6, 6.07) is 15.7. The van der Waals surface area contributed by atoms with Crippen LogP contribution in [0.1, 0.15) is 30.9 Å². The normalized spacial score (nSPS) is 12.3. The molecule has 0 saturated heterocycles. The van der Waals surface area contributed by atoms with Crippen molar-refractivity contribution in [2.75, 3.05) is 7.11 Å². The first kappa shape index (κ1) is 20.6. The van der Waals surface area contributed by atoms with Crippen molar-refractivity contribution >= 4 is 38.9 Å². The molecule has 8 heteroatoms. The van der Waals surface area contributed by atoms with Gasteiger partial charge in [0, 0.05) is 34.0 Å². The second-order valence-corrected chi connectivity index (χ2v) is 7.90. The highest BCUT2D eigenvalue weighted by molar-refractivity contribution is 6.21. The molecule has 0 bridgehead atoms. The number of hydrogen-bond donors (Lipinski definition) is 1. The first-order valence-corrected chi connectivity index (χ1v) is 10.5. The number of fused-ring (bicyclic) bond motifs is 4. The van der Waals surface area contributed by atoms with E-state index in [4.69, 9.17) is 15.5 Å². The van der Waals surface area contributed by atoms with Crippen LogP contribution >= 0.6 is 0 Å². The number of aromatic nitrogens is 5. The number of benzene rings is 2. The van der Waals surface area contributed by atoms with Crippen molar-refractivity contribution in [1.29, 1.82) is 0 Å². The van der Waals surface area contributed by atoms with Crippen LogP contribution in [0.5, 0.6) is 5.75 Å². The number of pyridine rings is 1. The Bertz CT molecular complexity index is 1580. The number of carbonyl (C=O) groups excluding carboxylic acids is 1. The van der Waals surface area contributed by atoms with Crippen LogP contribution in [0.4, 0.5) is 0 Å². The van der Waals surface area contributed by atoms with Crippen LogP contribution in [-0.4, -0.2) is 37.5 Å². The highest BCUT2D eigenvalue weighted by Gasteiger charge is 2.19. The maximum atomic E-state index is 12.3. The van der Waals surface area contributed by atoms with Gasteiger partial charge in [0.2, 0.25) is 0 Å². The molecule has 5 rings (SSSR count). The highest BCUT2D eigenvalue weighted by Crippen LogP contribution is 2.32. The number of allylic oxidation sites excluding steroid dienone is 2. The summed E-state index contributed by atoms with van der Waals surface area (Å²) in [7, 11) is 1.56. The number of Topliss-reactive ketones (excluding diaryl/α,β-unsaturated/α-hetero) is 1. The summed E-state index contributed by atoms with van der Waals surface area (Å²) in [5.41, 5.74) is 11.3. The van der Waals surface area contributed by atoms with E-state index in [0.29, 0.717) is 40.2 Å². The van der Waals surface area contributed by atoms with E-state index in [1.807, 2.05) is 46.9 Å². The third kappa shape index (κ3) is 3.55. The van der Waals surface area contributed by atoms with E-state index in [-0.39, 0.29) is 5.78 Å². The minimum absolute atomic E-state index is 0.138. The molecule has 0 radical (unpaired) electrons. The summed E-state index contributed by atoms with van der Waals surface area (Å²) in [6.07, 6.45) is 2.16. The second-order valence-electron chi connectivity index (χ2n) is 7.90. The lowest BCUT2D eigenvalue weighted by Gasteiger charge is -2.14. The summed E-state index contributed by atoms with van der Waals surface area (Å²) in [5.74, 6) is 1.11.